The fraction of sp³-hybridized carbons (Fsp3) is 0.200. The molecule has 1 heterocycles. The summed E-state index contributed by atoms with van der Waals surface area (Å²) in [4.78, 5) is 0. The van der Waals surface area contributed by atoms with Gasteiger partial charge in [-0.3, -0.25) is 0 Å². The molecule has 0 aromatic heterocycles. The van der Waals surface area contributed by atoms with E-state index in [1.807, 2.05) is 42.5 Å². The second-order valence-corrected chi connectivity index (χ2v) is 6.04. The third-order valence-electron chi connectivity index (χ3n) is 3.33. The quantitative estimate of drug-likeness (QED) is 0.823. The highest BCUT2D eigenvalue weighted by molar-refractivity contribution is 9.10. The van der Waals surface area contributed by atoms with E-state index >= 15 is 0 Å². The molecule has 0 aliphatic carbocycles. The van der Waals surface area contributed by atoms with E-state index in [4.69, 9.17) is 22.1 Å². The lowest BCUT2D eigenvalue weighted by Gasteiger charge is -2.30. The van der Waals surface area contributed by atoms with Crippen molar-refractivity contribution in [2.45, 2.75) is 18.6 Å². The summed E-state index contributed by atoms with van der Waals surface area (Å²) in [6.07, 6.45) is 0.713. The Bertz CT molecular complexity index is 617. The van der Waals surface area contributed by atoms with Crippen molar-refractivity contribution in [1.29, 1.82) is 0 Å². The lowest BCUT2D eigenvalue weighted by molar-refractivity contribution is 0.161. The number of hydrogen-bond donors (Lipinski definition) is 1. The van der Waals surface area contributed by atoms with E-state index in [9.17, 15) is 0 Å². The SMILES string of the molecule is N[C@H]1CC(c2cccc(Cl)c2)Oc2cc(Br)ccc21. The Morgan fingerprint density at radius 1 is 1.21 bits per heavy atom. The number of ether oxygens (including phenoxy) is 1. The number of rotatable bonds is 1. The van der Waals surface area contributed by atoms with Gasteiger partial charge >= 0.3 is 0 Å². The first-order valence-electron chi connectivity index (χ1n) is 6.10. The summed E-state index contributed by atoms with van der Waals surface area (Å²) in [7, 11) is 0. The molecule has 2 aromatic carbocycles. The van der Waals surface area contributed by atoms with E-state index in [0.29, 0.717) is 0 Å². The zero-order valence-corrected chi connectivity index (χ0v) is 12.5. The van der Waals surface area contributed by atoms with Gasteiger partial charge in [0.15, 0.2) is 0 Å². The van der Waals surface area contributed by atoms with Gasteiger partial charge in [0, 0.05) is 27.5 Å². The van der Waals surface area contributed by atoms with Gasteiger partial charge in [-0.25, -0.2) is 0 Å². The number of nitrogens with two attached hydrogens (primary N) is 1. The minimum absolute atomic E-state index is 0.0131. The topological polar surface area (TPSA) is 35.2 Å². The summed E-state index contributed by atoms with van der Waals surface area (Å²) >= 11 is 9.49. The first-order valence-corrected chi connectivity index (χ1v) is 7.28. The molecule has 1 aliphatic heterocycles. The Labute approximate surface area is 125 Å². The van der Waals surface area contributed by atoms with Gasteiger partial charge in [0.1, 0.15) is 11.9 Å². The highest BCUT2D eigenvalue weighted by atomic mass is 79.9. The summed E-state index contributed by atoms with van der Waals surface area (Å²) in [6.45, 7) is 0. The summed E-state index contributed by atoms with van der Waals surface area (Å²) in [5.41, 5.74) is 8.35. The third kappa shape index (κ3) is 2.64. The van der Waals surface area contributed by atoms with Crippen LogP contribution >= 0.6 is 27.5 Å². The van der Waals surface area contributed by atoms with Crippen molar-refractivity contribution in [2.75, 3.05) is 0 Å². The predicted octanol–water partition coefficient (Wildman–Crippen LogP) is 4.63. The molecule has 0 fully saturated rings. The molecule has 0 spiro atoms. The maximum Gasteiger partial charge on any atom is 0.126 e. The van der Waals surface area contributed by atoms with Crippen molar-refractivity contribution in [3.05, 3.63) is 63.1 Å². The minimum atomic E-state index is -0.0458. The highest BCUT2D eigenvalue weighted by Gasteiger charge is 2.27. The van der Waals surface area contributed by atoms with Gasteiger partial charge in [0.05, 0.1) is 0 Å². The molecule has 2 N–H and O–H groups in total. The van der Waals surface area contributed by atoms with Crippen molar-refractivity contribution in [2.24, 2.45) is 5.73 Å². The van der Waals surface area contributed by atoms with Crippen LogP contribution in [0.2, 0.25) is 5.02 Å². The van der Waals surface area contributed by atoms with Gasteiger partial charge in [-0.1, -0.05) is 45.7 Å². The molecule has 2 atom stereocenters. The molecule has 98 valence electrons. The van der Waals surface area contributed by atoms with Crippen LogP contribution in [-0.4, -0.2) is 0 Å². The second-order valence-electron chi connectivity index (χ2n) is 4.69. The van der Waals surface area contributed by atoms with Gasteiger partial charge < -0.3 is 10.5 Å². The number of fused-ring (bicyclic) bond motifs is 1. The van der Waals surface area contributed by atoms with Crippen LogP contribution in [0.15, 0.2) is 46.9 Å². The molecule has 1 aliphatic rings. The van der Waals surface area contributed by atoms with Crippen LogP contribution in [0.4, 0.5) is 0 Å². The molecule has 2 aromatic rings. The summed E-state index contributed by atoms with van der Waals surface area (Å²) in [6, 6.07) is 13.7. The smallest absolute Gasteiger partial charge is 0.126 e. The molecular formula is C15H13BrClNO. The fourth-order valence-corrected chi connectivity index (χ4v) is 2.93. The molecule has 19 heavy (non-hydrogen) atoms. The second kappa shape index (κ2) is 5.16. The Balaban J connectivity index is 1.96. The molecule has 0 saturated heterocycles. The van der Waals surface area contributed by atoms with E-state index in [1.54, 1.807) is 0 Å². The molecule has 0 radical (unpaired) electrons. The van der Waals surface area contributed by atoms with Crippen molar-refractivity contribution in [1.82, 2.24) is 0 Å². The Morgan fingerprint density at radius 3 is 2.84 bits per heavy atom. The first-order chi connectivity index (χ1) is 9.13. The number of halogens is 2. The van der Waals surface area contributed by atoms with E-state index < -0.39 is 0 Å². The average Bonchev–Trinajstić information content (AvgIpc) is 2.38. The lowest BCUT2D eigenvalue weighted by atomic mass is 9.94. The van der Waals surface area contributed by atoms with E-state index in [1.165, 1.54) is 0 Å². The normalized spacial score (nSPS) is 21.6. The van der Waals surface area contributed by atoms with Crippen molar-refractivity contribution < 1.29 is 4.74 Å². The van der Waals surface area contributed by atoms with Gasteiger partial charge in [0.25, 0.3) is 0 Å². The maximum atomic E-state index is 6.23. The average molecular weight is 339 g/mol. The van der Waals surface area contributed by atoms with Crippen LogP contribution in [-0.2, 0) is 0 Å². The van der Waals surface area contributed by atoms with Crippen LogP contribution in [0.3, 0.4) is 0 Å². The maximum absolute atomic E-state index is 6.23. The fourth-order valence-electron chi connectivity index (χ4n) is 2.39. The Hall–Kier alpha value is -1.03. The van der Waals surface area contributed by atoms with Gasteiger partial charge in [0.2, 0.25) is 0 Å². The van der Waals surface area contributed by atoms with Crippen LogP contribution in [0, 0.1) is 0 Å². The molecule has 1 unspecified atom stereocenters. The molecular weight excluding hydrogens is 326 g/mol. The third-order valence-corrected chi connectivity index (χ3v) is 4.06. The first kappa shape index (κ1) is 13.0. The predicted molar refractivity (Wildman–Crippen MR) is 80.5 cm³/mol. The molecule has 0 amide bonds. The van der Waals surface area contributed by atoms with Gasteiger partial charge in [-0.15, -0.1) is 0 Å². The van der Waals surface area contributed by atoms with Crippen LogP contribution in [0.5, 0.6) is 5.75 Å². The van der Waals surface area contributed by atoms with Crippen LogP contribution in [0.1, 0.15) is 29.7 Å². The highest BCUT2D eigenvalue weighted by Crippen LogP contribution is 2.41. The monoisotopic (exact) mass is 337 g/mol. The molecule has 0 saturated carbocycles. The molecule has 2 nitrogen and oxygen atoms in total. The molecule has 3 rings (SSSR count). The standard InChI is InChI=1S/C15H13BrClNO/c16-10-4-5-12-13(18)8-14(19-15(12)7-10)9-2-1-3-11(17)6-9/h1-7,13-14H,8,18H2/t13-,14?/m0/s1. The molecule has 4 heteroatoms. The van der Waals surface area contributed by atoms with E-state index in [0.717, 1.165) is 32.8 Å². The van der Waals surface area contributed by atoms with Crippen molar-refractivity contribution in [3.63, 3.8) is 0 Å². The van der Waals surface area contributed by atoms with E-state index in [-0.39, 0.29) is 12.1 Å². The van der Waals surface area contributed by atoms with Crippen LogP contribution < -0.4 is 10.5 Å². The Morgan fingerprint density at radius 2 is 2.05 bits per heavy atom. The zero-order valence-electron chi connectivity index (χ0n) is 10.1. The van der Waals surface area contributed by atoms with Crippen molar-refractivity contribution in [3.8, 4) is 5.75 Å². The van der Waals surface area contributed by atoms with Crippen LogP contribution in [0.25, 0.3) is 0 Å². The summed E-state index contributed by atoms with van der Waals surface area (Å²) in [5, 5.41) is 0.717. The molecule has 0 bridgehead atoms. The number of hydrogen-bond acceptors (Lipinski definition) is 2. The van der Waals surface area contributed by atoms with Gasteiger partial charge in [-0.2, -0.15) is 0 Å². The largest absolute Gasteiger partial charge is 0.485 e. The van der Waals surface area contributed by atoms with Gasteiger partial charge in [-0.05, 0) is 29.8 Å². The minimum Gasteiger partial charge on any atom is -0.485 e. The summed E-state index contributed by atoms with van der Waals surface area (Å²) in [5.74, 6) is 0.845. The summed E-state index contributed by atoms with van der Waals surface area (Å²) < 4.78 is 7.05. The Kier molecular flexibility index (Phi) is 3.52. The number of benzene rings is 2. The van der Waals surface area contributed by atoms with Crippen molar-refractivity contribution >= 4 is 27.5 Å². The zero-order chi connectivity index (χ0) is 13.4. The lowest BCUT2D eigenvalue weighted by Crippen LogP contribution is -2.24. The van der Waals surface area contributed by atoms with E-state index in [2.05, 4.69) is 15.9 Å².